The van der Waals surface area contributed by atoms with Crippen molar-refractivity contribution in [3.63, 3.8) is 0 Å². The smallest absolute Gasteiger partial charge is 0.160 e. The molecule has 2 heterocycles. The topological polar surface area (TPSA) is 25.8 Å². The van der Waals surface area contributed by atoms with Gasteiger partial charge in [-0.05, 0) is 115 Å². The number of fused-ring (bicyclic) bond motifs is 1. The first kappa shape index (κ1) is 41.9. The van der Waals surface area contributed by atoms with E-state index in [-0.39, 0.29) is 0 Å². The van der Waals surface area contributed by atoms with Gasteiger partial charge in [0.25, 0.3) is 0 Å². The van der Waals surface area contributed by atoms with Gasteiger partial charge < -0.3 is 0 Å². The summed E-state index contributed by atoms with van der Waals surface area (Å²) in [7, 11) is -1.36. The fourth-order valence-corrected chi connectivity index (χ4v) is 11.2. The molecule has 0 bridgehead atoms. The third kappa shape index (κ3) is 8.98. The van der Waals surface area contributed by atoms with E-state index in [1.54, 1.807) is 0 Å². The molecule has 9 aromatic carbocycles. The van der Waals surface area contributed by atoms with Gasteiger partial charge in [-0.25, -0.2) is 9.97 Å². The zero-order chi connectivity index (χ0) is 45.3. The van der Waals surface area contributed by atoms with Crippen molar-refractivity contribution < 1.29 is 0 Å². The van der Waals surface area contributed by atoms with Crippen LogP contribution in [0.15, 0.2) is 237 Å². The largest absolute Gasteiger partial charge is 0.228 e. The summed E-state index contributed by atoms with van der Waals surface area (Å²) in [6.45, 7) is 7.19. The molecule has 11 rings (SSSR count). The third-order valence-corrected chi connectivity index (χ3v) is 15.9. The summed E-state index contributed by atoms with van der Waals surface area (Å²) in [5.74, 6) is 0.689. The maximum Gasteiger partial charge on any atom is 0.160 e. The normalized spacial score (nSPS) is 11.5. The summed E-state index contributed by atoms with van der Waals surface area (Å²) in [6.07, 6.45) is 0. The highest BCUT2D eigenvalue weighted by atomic mass is 32.1. The quantitative estimate of drug-likeness (QED) is 0.128. The van der Waals surface area contributed by atoms with Gasteiger partial charge in [-0.1, -0.05) is 213 Å². The number of hydrogen-bond acceptors (Lipinski definition) is 3. The number of thiophene rings is 1. The lowest BCUT2D eigenvalue weighted by Gasteiger charge is -2.17. The lowest BCUT2D eigenvalue weighted by atomic mass is 9.94. The molecule has 0 radical (unpaired) electrons. The van der Waals surface area contributed by atoms with Crippen molar-refractivity contribution in [1.29, 1.82) is 0 Å². The van der Waals surface area contributed by atoms with Crippen LogP contribution in [0, 0.1) is 0 Å². The number of aromatic nitrogens is 2. The van der Waals surface area contributed by atoms with E-state index < -0.39 is 8.07 Å². The van der Waals surface area contributed by atoms with Gasteiger partial charge in [-0.3, -0.25) is 0 Å². The van der Waals surface area contributed by atoms with Crippen LogP contribution in [0.3, 0.4) is 0 Å². The molecule has 0 N–H and O–H groups in total. The number of nitrogens with zero attached hydrogens (tertiary/aromatic N) is 2. The van der Waals surface area contributed by atoms with Crippen molar-refractivity contribution in [1.82, 2.24) is 9.97 Å². The Morgan fingerprint density at radius 1 is 0.299 bits per heavy atom. The number of hydrogen-bond donors (Lipinski definition) is 0. The molecule has 0 saturated carbocycles. The fraction of sp³-hybridized carbons (Fsp3) is 0.0476. The molecule has 2 aromatic heterocycles. The van der Waals surface area contributed by atoms with Crippen LogP contribution in [-0.2, 0) is 0 Å². The first-order chi connectivity index (χ1) is 32.8. The van der Waals surface area contributed by atoms with Crippen LogP contribution < -0.4 is 5.19 Å². The van der Waals surface area contributed by atoms with Gasteiger partial charge in [-0.2, -0.15) is 0 Å². The van der Waals surface area contributed by atoms with Gasteiger partial charge in [-0.15, -0.1) is 11.3 Å². The van der Waals surface area contributed by atoms with E-state index in [4.69, 9.17) is 9.97 Å². The van der Waals surface area contributed by atoms with Crippen molar-refractivity contribution >= 4 is 34.7 Å². The van der Waals surface area contributed by atoms with Crippen molar-refractivity contribution in [2.24, 2.45) is 0 Å². The Bertz CT molecular complexity index is 3510. The monoisotopic (exact) mass is 892 g/mol. The van der Waals surface area contributed by atoms with Crippen LogP contribution in [0.1, 0.15) is 0 Å². The van der Waals surface area contributed by atoms with E-state index in [0.717, 1.165) is 44.8 Å². The van der Waals surface area contributed by atoms with Crippen LogP contribution >= 0.6 is 11.3 Å². The molecule has 0 amide bonds. The lowest BCUT2D eigenvalue weighted by Crippen LogP contribution is -2.37. The number of rotatable bonds is 10. The highest BCUT2D eigenvalue weighted by Gasteiger charge is 2.17. The zero-order valence-corrected chi connectivity index (χ0v) is 39.6. The van der Waals surface area contributed by atoms with Crippen molar-refractivity contribution in [2.45, 2.75) is 19.6 Å². The maximum absolute atomic E-state index is 5.28. The summed E-state index contributed by atoms with van der Waals surface area (Å²) in [4.78, 5) is 11.8. The maximum atomic E-state index is 5.28. The van der Waals surface area contributed by atoms with Crippen molar-refractivity contribution in [3.05, 3.63) is 237 Å². The van der Waals surface area contributed by atoms with E-state index in [2.05, 4.69) is 256 Å². The molecule has 320 valence electrons. The standard InChI is InChI=1S/C63H48N2SSi/c1-67(2,3)58-34-32-45(33-35-58)48-18-10-21-51(37-48)53-23-11-22-52(38-53)50-20-9-17-47(36-50)44-28-30-46(31-29-44)63-64-59(54-24-12-19-49(39-54)43-14-5-4-6-15-43)42-60(65-63)55-25-13-26-56(40-55)62-41-57-16-7-8-27-61(57)66-62/h4-42H,1-3H3. The van der Waals surface area contributed by atoms with E-state index in [1.807, 2.05) is 11.3 Å². The first-order valence-electron chi connectivity index (χ1n) is 22.9. The molecule has 4 heteroatoms. The van der Waals surface area contributed by atoms with Gasteiger partial charge in [0.05, 0.1) is 19.5 Å². The second-order valence-corrected chi connectivity index (χ2v) is 24.4. The zero-order valence-electron chi connectivity index (χ0n) is 37.8. The Morgan fingerprint density at radius 3 is 1.18 bits per heavy atom. The third-order valence-electron chi connectivity index (χ3n) is 12.7. The Kier molecular flexibility index (Phi) is 11.2. The van der Waals surface area contributed by atoms with Crippen LogP contribution in [0.5, 0.6) is 0 Å². The van der Waals surface area contributed by atoms with Crippen LogP contribution in [0.2, 0.25) is 19.6 Å². The summed E-state index contributed by atoms with van der Waals surface area (Å²) in [5.41, 5.74) is 17.9. The fourth-order valence-electron chi connectivity index (χ4n) is 8.93. The average molecular weight is 893 g/mol. The minimum absolute atomic E-state index is 0.689. The molecule has 0 aliphatic rings. The van der Waals surface area contributed by atoms with E-state index >= 15 is 0 Å². The molecule has 67 heavy (non-hydrogen) atoms. The SMILES string of the molecule is C[Si](C)(C)c1ccc(-c2cccc(-c3cccc(-c4cccc(-c5ccc(-c6nc(-c7cccc(-c8ccccc8)c7)cc(-c7cccc(-c8cc9ccccc9s8)c7)n6)cc5)c4)c3)c2)cc1. The Morgan fingerprint density at radius 2 is 0.672 bits per heavy atom. The van der Waals surface area contributed by atoms with Gasteiger partial charge in [0.1, 0.15) is 0 Å². The summed E-state index contributed by atoms with van der Waals surface area (Å²) < 4.78 is 1.29. The lowest BCUT2D eigenvalue weighted by molar-refractivity contribution is 1.18. The van der Waals surface area contributed by atoms with Crippen molar-refractivity contribution in [3.8, 4) is 100.0 Å². The second kappa shape index (κ2) is 17.9. The highest BCUT2D eigenvalue weighted by Crippen LogP contribution is 2.37. The molecule has 0 saturated heterocycles. The van der Waals surface area contributed by atoms with E-state index in [9.17, 15) is 0 Å². The van der Waals surface area contributed by atoms with Crippen LogP contribution in [-0.4, -0.2) is 18.0 Å². The highest BCUT2D eigenvalue weighted by molar-refractivity contribution is 7.22. The average Bonchev–Trinajstić information content (AvgIpc) is 3.84. The summed E-state index contributed by atoms with van der Waals surface area (Å²) in [6, 6.07) is 85.5. The molecule has 0 aliphatic carbocycles. The van der Waals surface area contributed by atoms with Gasteiger partial charge >= 0.3 is 0 Å². The predicted octanol–water partition coefficient (Wildman–Crippen LogP) is 17.2. The molecule has 0 unspecified atom stereocenters. The molecule has 0 aliphatic heterocycles. The Hall–Kier alpha value is -7.76. The summed E-state index contributed by atoms with van der Waals surface area (Å²) in [5, 5.41) is 2.74. The van der Waals surface area contributed by atoms with Crippen LogP contribution in [0.4, 0.5) is 0 Å². The Labute approximate surface area is 398 Å². The summed E-state index contributed by atoms with van der Waals surface area (Å²) >= 11 is 1.82. The van der Waals surface area contributed by atoms with E-state index in [0.29, 0.717) is 5.82 Å². The number of benzene rings is 9. The molecule has 2 nitrogen and oxygen atoms in total. The van der Waals surface area contributed by atoms with Gasteiger partial charge in [0, 0.05) is 26.3 Å². The van der Waals surface area contributed by atoms with Gasteiger partial charge in [0.15, 0.2) is 5.82 Å². The molecule has 0 atom stereocenters. The molecular formula is C63H48N2SSi. The van der Waals surface area contributed by atoms with Gasteiger partial charge in [0.2, 0.25) is 0 Å². The molecule has 0 fully saturated rings. The second-order valence-electron chi connectivity index (χ2n) is 18.3. The predicted molar refractivity (Wildman–Crippen MR) is 289 cm³/mol. The minimum Gasteiger partial charge on any atom is -0.228 e. The van der Waals surface area contributed by atoms with Crippen LogP contribution in [0.25, 0.3) is 110 Å². The van der Waals surface area contributed by atoms with Crippen molar-refractivity contribution in [2.75, 3.05) is 0 Å². The first-order valence-corrected chi connectivity index (χ1v) is 27.3. The minimum atomic E-state index is -1.36. The Balaban J connectivity index is 0.909. The molecule has 0 spiro atoms. The molecule has 11 aromatic rings. The van der Waals surface area contributed by atoms with E-state index in [1.165, 1.54) is 64.7 Å². The molecular weight excluding hydrogens is 845 g/mol.